The number of hydrogen-bond acceptors (Lipinski definition) is 4. The lowest BCUT2D eigenvalue weighted by molar-refractivity contribution is -0.133. The number of ether oxygens (including phenoxy) is 1. The molecule has 0 heterocycles. The van der Waals surface area contributed by atoms with Crippen LogP contribution in [0.4, 0.5) is 11.4 Å². The van der Waals surface area contributed by atoms with Crippen molar-refractivity contribution >= 4 is 52.4 Å². The summed E-state index contributed by atoms with van der Waals surface area (Å²) in [6.45, 7) is 0. The van der Waals surface area contributed by atoms with Gasteiger partial charge in [-0.25, -0.2) is 4.79 Å². The summed E-state index contributed by atoms with van der Waals surface area (Å²) in [5.41, 5.74) is 0.481. The van der Waals surface area contributed by atoms with Gasteiger partial charge in [0.25, 0.3) is 0 Å². The first-order chi connectivity index (χ1) is 11.4. The van der Waals surface area contributed by atoms with E-state index in [0.717, 1.165) is 0 Å². The molecule has 0 saturated carbocycles. The zero-order valence-electron chi connectivity index (χ0n) is 12.4. The number of esters is 1. The van der Waals surface area contributed by atoms with Crippen LogP contribution in [-0.2, 0) is 14.3 Å². The normalized spacial score (nSPS) is 9.96. The van der Waals surface area contributed by atoms with Crippen molar-refractivity contribution < 1.29 is 19.1 Å². The van der Waals surface area contributed by atoms with Crippen LogP contribution in [0.2, 0.25) is 10.0 Å². The summed E-state index contributed by atoms with van der Waals surface area (Å²) in [5, 5.41) is 5.06. The summed E-state index contributed by atoms with van der Waals surface area (Å²) in [6.07, 6.45) is 0. The Morgan fingerprint density at radius 2 is 1.46 bits per heavy atom. The number of para-hydroxylation sites is 1. The van der Waals surface area contributed by atoms with E-state index in [9.17, 15) is 14.4 Å². The maximum absolute atomic E-state index is 12.0. The van der Waals surface area contributed by atoms with Gasteiger partial charge in [0.2, 0.25) is 0 Å². The smallest absolute Gasteiger partial charge is 0.339 e. The summed E-state index contributed by atoms with van der Waals surface area (Å²) < 4.78 is 4.62. The molecule has 0 radical (unpaired) electrons. The largest absolute Gasteiger partial charge is 0.465 e. The summed E-state index contributed by atoms with van der Waals surface area (Å²) in [4.78, 5) is 35.7. The Labute approximate surface area is 147 Å². The molecule has 0 saturated heterocycles. The highest BCUT2D eigenvalue weighted by Gasteiger charge is 2.19. The fourth-order valence-corrected chi connectivity index (χ4v) is 2.19. The van der Waals surface area contributed by atoms with Crippen molar-refractivity contribution in [3.8, 4) is 0 Å². The third kappa shape index (κ3) is 4.04. The first-order valence-electron chi connectivity index (χ1n) is 6.67. The minimum absolute atomic E-state index is 0.121. The molecule has 0 aromatic heterocycles. The van der Waals surface area contributed by atoms with E-state index in [2.05, 4.69) is 15.4 Å². The number of hydrogen-bond donors (Lipinski definition) is 2. The highest BCUT2D eigenvalue weighted by atomic mass is 35.5. The highest BCUT2D eigenvalue weighted by molar-refractivity contribution is 6.47. The van der Waals surface area contributed by atoms with Crippen LogP contribution in [0, 0.1) is 0 Å². The highest BCUT2D eigenvalue weighted by Crippen LogP contribution is 2.29. The molecule has 8 heteroatoms. The quantitative estimate of drug-likeness (QED) is 0.644. The summed E-state index contributed by atoms with van der Waals surface area (Å²) in [6, 6.07) is 10.8. The predicted molar refractivity (Wildman–Crippen MR) is 91.5 cm³/mol. The van der Waals surface area contributed by atoms with Crippen molar-refractivity contribution in [2.24, 2.45) is 0 Å². The van der Waals surface area contributed by atoms with Crippen molar-refractivity contribution in [1.82, 2.24) is 0 Å². The molecule has 0 aliphatic heterocycles. The van der Waals surface area contributed by atoms with Crippen molar-refractivity contribution in [3.63, 3.8) is 0 Å². The van der Waals surface area contributed by atoms with Gasteiger partial charge in [0.05, 0.1) is 34.1 Å². The number of benzene rings is 2. The minimum Gasteiger partial charge on any atom is -0.465 e. The second kappa shape index (κ2) is 7.81. The van der Waals surface area contributed by atoms with Crippen LogP contribution in [0.15, 0.2) is 42.5 Å². The van der Waals surface area contributed by atoms with Gasteiger partial charge in [-0.1, -0.05) is 41.4 Å². The molecule has 0 unspecified atom stereocenters. The molecule has 2 rings (SSSR count). The molecule has 0 aliphatic carbocycles. The van der Waals surface area contributed by atoms with E-state index in [-0.39, 0.29) is 27.0 Å². The molecule has 0 aliphatic rings. The zero-order chi connectivity index (χ0) is 17.7. The number of halogens is 2. The molecule has 6 nitrogen and oxygen atoms in total. The Balaban J connectivity index is 2.14. The number of anilines is 2. The molecule has 0 bridgehead atoms. The molecule has 0 spiro atoms. The standard InChI is InChI=1S/C16H12Cl2N2O4/c1-24-16(23)9-5-2-3-7-11(9)19-14(21)15(22)20-12-8-4-6-10(17)13(12)18/h2-8H,1H3,(H,19,21)(H,20,22). The molecule has 2 aromatic carbocycles. The Morgan fingerprint density at radius 1 is 0.875 bits per heavy atom. The fraction of sp³-hybridized carbons (Fsp3) is 0.0625. The van der Waals surface area contributed by atoms with E-state index in [1.165, 1.54) is 25.3 Å². The SMILES string of the molecule is COC(=O)c1ccccc1NC(=O)C(=O)Nc1cccc(Cl)c1Cl. The van der Waals surface area contributed by atoms with Crippen molar-refractivity contribution in [3.05, 3.63) is 58.1 Å². The lowest BCUT2D eigenvalue weighted by Gasteiger charge is -2.10. The number of methoxy groups -OCH3 is 1. The fourth-order valence-electron chi connectivity index (χ4n) is 1.84. The zero-order valence-corrected chi connectivity index (χ0v) is 13.9. The third-order valence-electron chi connectivity index (χ3n) is 2.99. The van der Waals surface area contributed by atoms with E-state index in [1.807, 2.05) is 0 Å². The van der Waals surface area contributed by atoms with Crippen molar-refractivity contribution in [1.29, 1.82) is 0 Å². The van der Waals surface area contributed by atoms with Crippen LogP contribution in [0.5, 0.6) is 0 Å². The van der Waals surface area contributed by atoms with Gasteiger partial charge in [0.1, 0.15) is 0 Å². The monoisotopic (exact) mass is 366 g/mol. The van der Waals surface area contributed by atoms with Gasteiger partial charge in [0, 0.05) is 0 Å². The number of nitrogens with one attached hydrogen (secondary N) is 2. The number of rotatable bonds is 3. The maximum Gasteiger partial charge on any atom is 0.339 e. The van der Waals surface area contributed by atoms with Gasteiger partial charge in [-0.05, 0) is 24.3 Å². The van der Waals surface area contributed by atoms with E-state index in [4.69, 9.17) is 23.2 Å². The molecule has 2 amide bonds. The molecular weight excluding hydrogens is 355 g/mol. The Morgan fingerprint density at radius 3 is 2.12 bits per heavy atom. The average molecular weight is 367 g/mol. The average Bonchev–Trinajstić information content (AvgIpc) is 2.58. The van der Waals surface area contributed by atoms with Gasteiger partial charge in [-0.3, -0.25) is 9.59 Å². The second-order valence-electron chi connectivity index (χ2n) is 4.55. The van der Waals surface area contributed by atoms with Gasteiger partial charge in [-0.2, -0.15) is 0 Å². The summed E-state index contributed by atoms with van der Waals surface area (Å²) >= 11 is 11.8. The molecule has 2 N–H and O–H groups in total. The maximum atomic E-state index is 12.0. The molecule has 0 atom stereocenters. The van der Waals surface area contributed by atoms with E-state index in [1.54, 1.807) is 24.3 Å². The van der Waals surface area contributed by atoms with Crippen molar-refractivity contribution in [2.45, 2.75) is 0 Å². The second-order valence-corrected chi connectivity index (χ2v) is 5.33. The Bertz CT molecular complexity index is 808. The van der Waals surface area contributed by atoms with E-state index >= 15 is 0 Å². The number of carbonyl (C=O) groups is 3. The molecule has 24 heavy (non-hydrogen) atoms. The van der Waals surface area contributed by atoms with Gasteiger partial charge in [0.15, 0.2) is 0 Å². The van der Waals surface area contributed by atoms with Crippen LogP contribution in [0.25, 0.3) is 0 Å². The van der Waals surface area contributed by atoms with Gasteiger partial charge >= 0.3 is 17.8 Å². The third-order valence-corrected chi connectivity index (χ3v) is 3.81. The first kappa shape index (κ1) is 17.8. The van der Waals surface area contributed by atoms with Crippen LogP contribution < -0.4 is 10.6 Å². The summed E-state index contributed by atoms with van der Waals surface area (Å²) in [5.74, 6) is -2.56. The Kier molecular flexibility index (Phi) is 5.78. The van der Waals surface area contributed by atoms with Crippen LogP contribution in [-0.4, -0.2) is 24.9 Å². The Hall–Kier alpha value is -2.57. The molecular formula is C16H12Cl2N2O4. The van der Waals surface area contributed by atoms with Crippen LogP contribution in [0.1, 0.15) is 10.4 Å². The van der Waals surface area contributed by atoms with Gasteiger partial charge in [-0.15, -0.1) is 0 Å². The molecule has 2 aromatic rings. The lowest BCUT2D eigenvalue weighted by atomic mass is 10.2. The number of amides is 2. The minimum atomic E-state index is -0.970. The molecule has 0 fully saturated rings. The van der Waals surface area contributed by atoms with Gasteiger partial charge < -0.3 is 15.4 Å². The molecule has 124 valence electrons. The number of carbonyl (C=O) groups excluding carboxylic acids is 3. The lowest BCUT2D eigenvalue weighted by Crippen LogP contribution is -2.29. The van der Waals surface area contributed by atoms with E-state index in [0.29, 0.717) is 0 Å². The predicted octanol–water partition coefficient (Wildman–Crippen LogP) is 3.36. The topological polar surface area (TPSA) is 84.5 Å². The first-order valence-corrected chi connectivity index (χ1v) is 7.43. The van der Waals surface area contributed by atoms with E-state index < -0.39 is 17.8 Å². The van der Waals surface area contributed by atoms with Crippen molar-refractivity contribution in [2.75, 3.05) is 17.7 Å². The van der Waals surface area contributed by atoms with Crippen LogP contribution in [0.3, 0.4) is 0 Å². The van der Waals surface area contributed by atoms with Crippen LogP contribution >= 0.6 is 23.2 Å². The summed E-state index contributed by atoms with van der Waals surface area (Å²) in [7, 11) is 1.22.